The lowest BCUT2D eigenvalue weighted by Gasteiger charge is -2.37. The second-order valence-electron chi connectivity index (χ2n) is 10.3. The fourth-order valence-corrected chi connectivity index (χ4v) is 10.9. The molecule has 1 fully saturated rings. The summed E-state index contributed by atoms with van der Waals surface area (Å²) < 4.78 is 13.2. The van der Waals surface area contributed by atoms with Crippen molar-refractivity contribution in [3.63, 3.8) is 0 Å². The van der Waals surface area contributed by atoms with Gasteiger partial charge in [-0.15, -0.1) is 0 Å². The Morgan fingerprint density at radius 2 is 1.78 bits per heavy atom. The van der Waals surface area contributed by atoms with E-state index < -0.39 is 13.7 Å². The van der Waals surface area contributed by atoms with Gasteiger partial charge in [-0.3, -0.25) is 9.69 Å². The topological polar surface area (TPSA) is 59.0 Å². The summed E-state index contributed by atoms with van der Waals surface area (Å²) in [7, 11) is -0.507. The van der Waals surface area contributed by atoms with Gasteiger partial charge in [0.2, 0.25) is 0 Å². The molecule has 0 bridgehead atoms. The van der Waals surface area contributed by atoms with Gasteiger partial charge in [-0.05, 0) is 54.4 Å². The molecule has 1 saturated heterocycles. The number of aliphatic hydroxyl groups excluding tert-OH is 1. The van der Waals surface area contributed by atoms with Gasteiger partial charge in [-0.25, -0.2) is 0 Å². The van der Waals surface area contributed by atoms with Crippen LogP contribution in [0.25, 0.3) is 0 Å². The Bertz CT molecular complexity index is 1270. The lowest BCUT2D eigenvalue weighted by atomic mass is 9.82. The SMILES string of the molecule is COc1ccc([Si](C)(C)[C@@H]2[C@@H](CCO)O[C@]3(C(=O)N(c4ccccc4)c4ccc(Br)cc43)[C@H]2C)cc1. The van der Waals surface area contributed by atoms with Gasteiger partial charge < -0.3 is 14.6 Å². The molecule has 7 heteroatoms. The highest BCUT2D eigenvalue weighted by Gasteiger charge is 2.66. The van der Waals surface area contributed by atoms with Crippen molar-refractivity contribution in [1.82, 2.24) is 0 Å². The van der Waals surface area contributed by atoms with Crippen LogP contribution in [0, 0.1) is 5.92 Å². The molecule has 1 N–H and O–H groups in total. The number of amides is 1. The second-order valence-corrected chi connectivity index (χ2v) is 15.9. The maximum atomic E-state index is 14.5. The van der Waals surface area contributed by atoms with Crippen LogP contribution in [0.15, 0.2) is 77.3 Å². The summed E-state index contributed by atoms with van der Waals surface area (Å²) in [5, 5.41) is 11.3. The fraction of sp³-hybridized carbons (Fsp3) is 0.345. The van der Waals surface area contributed by atoms with E-state index in [0.717, 1.165) is 27.2 Å². The number of aliphatic hydroxyl groups is 1. The third kappa shape index (κ3) is 3.75. The minimum atomic E-state index is -2.18. The minimum absolute atomic E-state index is 0.0129. The van der Waals surface area contributed by atoms with Crippen molar-refractivity contribution in [2.24, 2.45) is 5.92 Å². The number of rotatable bonds is 6. The Balaban J connectivity index is 1.65. The zero-order valence-electron chi connectivity index (χ0n) is 21.1. The number of hydrogen-bond donors (Lipinski definition) is 1. The predicted octanol–water partition coefficient (Wildman–Crippen LogP) is 5.73. The van der Waals surface area contributed by atoms with Crippen LogP contribution in [0.5, 0.6) is 5.75 Å². The Morgan fingerprint density at radius 1 is 1.08 bits per heavy atom. The van der Waals surface area contributed by atoms with Crippen molar-refractivity contribution in [2.45, 2.75) is 43.7 Å². The molecule has 5 rings (SSSR count). The van der Waals surface area contributed by atoms with Gasteiger partial charge >= 0.3 is 0 Å². The summed E-state index contributed by atoms with van der Waals surface area (Å²) in [6, 6.07) is 24.1. The molecule has 2 aliphatic rings. The number of nitrogens with zero attached hydrogens (tertiary/aromatic N) is 1. The van der Waals surface area contributed by atoms with E-state index in [0.29, 0.717) is 6.42 Å². The minimum Gasteiger partial charge on any atom is -0.497 e. The van der Waals surface area contributed by atoms with Crippen LogP contribution in [0.4, 0.5) is 11.4 Å². The van der Waals surface area contributed by atoms with Gasteiger partial charge in [0.25, 0.3) is 5.91 Å². The molecule has 3 aromatic carbocycles. The van der Waals surface area contributed by atoms with Crippen LogP contribution in [0.2, 0.25) is 18.6 Å². The molecule has 2 heterocycles. The Hall–Kier alpha value is -2.45. The van der Waals surface area contributed by atoms with E-state index in [1.54, 1.807) is 12.0 Å². The van der Waals surface area contributed by atoms with E-state index in [1.807, 2.05) is 60.7 Å². The van der Waals surface area contributed by atoms with E-state index in [9.17, 15) is 9.90 Å². The number of carbonyl (C=O) groups excluding carboxylic acids is 1. The van der Waals surface area contributed by atoms with Crippen LogP contribution in [0.3, 0.4) is 0 Å². The lowest BCUT2D eigenvalue weighted by Crippen LogP contribution is -2.51. The number of fused-ring (bicyclic) bond motifs is 2. The molecule has 0 unspecified atom stereocenters. The van der Waals surface area contributed by atoms with Crippen molar-refractivity contribution >= 4 is 46.5 Å². The van der Waals surface area contributed by atoms with Crippen LogP contribution >= 0.6 is 15.9 Å². The molecule has 188 valence electrons. The molecular formula is C29H32BrNO4Si. The van der Waals surface area contributed by atoms with Crippen LogP contribution < -0.4 is 14.8 Å². The van der Waals surface area contributed by atoms with E-state index in [-0.39, 0.29) is 30.1 Å². The first-order valence-electron chi connectivity index (χ1n) is 12.4. The van der Waals surface area contributed by atoms with Gasteiger partial charge in [0, 0.05) is 28.2 Å². The third-order valence-corrected chi connectivity index (χ3v) is 13.0. The average molecular weight is 567 g/mol. The first kappa shape index (κ1) is 25.2. The van der Waals surface area contributed by atoms with Crippen molar-refractivity contribution in [2.75, 3.05) is 18.6 Å². The standard InChI is InChI=1S/C29H32BrNO4Si/c1-19-27(36(3,4)23-13-11-22(34-2)12-14-23)26(16-17-32)35-29(19)24-18-20(30)10-15-25(24)31(28(29)33)21-8-6-5-7-9-21/h5-15,18-19,26-27,32H,16-17H2,1-4H3/t19-,26+,27-,29+/m0/s1. The highest BCUT2D eigenvalue weighted by molar-refractivity contribution is 9.10. The van der Waals surface area contributed by atoms with Gasteiger partial charge in [-0.1, -0.05) is 71.5 Å². The van der Waals surface area contributed by atoms with Gasteiger partial charge in [0.1, 0.15) is 5.75 Å². The molecule has 1 spiro atoms. The first-order valence-corrected chi connectivity index (χ1v) is 16.3. The summed E-state index contributed by atoms with van der Waals surface area (Å²) >= 11 is 3.63. The Labute approximate surface area is 222 Å². The van der Waals surface area contributed by atoms with Crippen LogP contribution in [0.1, 0.15) is 18.9 Å². The number of anilines is 2. The zero-order chi connectivity index (χ0) is 25.7. The smallest absolute Gasteiger partial charge is 0.268 e. The number of benzene rings is 3. The van der Waals surface area contributed by atoms with Crippen molar-refractivity contribution < 1.29 is 19.4 Å². The first-order chi connectivity index (χ1) is 17.3. The summed E-state index contributed by atoms with van der Waals surface area (Å²) in [4.78, 5) is 16.3. The third-order valence-electron chi connectivity index (χ3n) is 8.13. The molecule has 0 saturated carbocycles. The molecule has 2 aliphatic heterocycles. The average Bonchev–Trinajstić information content (AvgIpc) is 3.31. The quantitative estimate of drug-likeness (QED) is 0.387. The molecular weight excluding hydrogens is 534 g/mol. The van der Waals surface area contributed by atoms with Crippen LogP contribution in [-0.2, 0) is 15.1 Å². The van der Waals surface area contributed by atoms with Gasteiger partial charge in [0.15, 0.2) is 5.60 Å². The number of methoxy groups -OCH3 is 1. The predicted molar refractivity (Wildman–Crippen MR) is 149 cm³/mol. The maximum absolute atomic E-state index is 14.5. The largest absolute Gasteiger partial charge is 0.497 e. The van der Waals surface area contributed by atoms with E-state index >= 15 is 0 Å². The maximum Gasteiger partial charge on any atom is 0.268 e. The molecule has 0 aliphatic carbocycles. The lowest BCUT2D eigenvalue weighted by molar-refractivity contribution is -0.145. The van der Waals surface area contributed by atoms with Crippen molar-refractivity contribution in [1.29, 1.82) is 0 Å². The number of ether oxygens (including phenoxy) is 2. The number of halogens is 1. The van der Waals surface area contributed by atoms with Crippen molar-refractivity contribution in [3.8, 4) is 5.75 Å². The van der Waals surface area contributed by atoms with E-state index in [1.165, 1.54) is 5.19 Å². The van der Waals surface area contributed by atoms with E-state index in [4.69, 9.17) is 9.47 Å². The second kappa shape index (κ2) is 9.45. The fourth-order valence-electron chi connectivity index (χ4n) is 6.44. The summed E-state index contributed by atoms with van der Waals surface area (Å²) in [5.74, 6) is 0.678. The summed E-state index contributed by atoms with van der Waals surface area (Å²) in [6.45, 7) is 6.87. The summed E-state index contributed by atoms with van der Waals surface area (Å²) in [6.07, 6.45) is 0.256. The molecule has 5 nitrogen and oxygen atoms in total. The molecule has 0 radical (unpaired) electrons. The molecule has 3 aromatic rings. The zero-order valence-corrected chi connectivity index (χ0v) is 23.7. The van der Waals surface area contributed by atoms with E-state index in [2.05, 4.69) is 48.1 Å². The molecule has 4 atom stereocenters. The van der Waals surface area contributed by atoms with Crippen LogP contribution in [-0.4, -0.2) is 38.9 Å². The number of hydrogen-bond acceptors (Lipinski definition) is 4. The Kier molecular flexibility index (Phi) is 6.62. The summed E-state index contributed by atoms with van der Waals surface area (Å²) in [5.41, 5.74) is 1.57. The number of carbonyl (C=O) groups is 1. The number of para-hydroxylation sites is 1. The molecule has 0 aromatic heterocycles. The Morgan fingerprint density at radius 3 is 2.42 bits per heavy atom. The van der Waals surface area contributed by atoms with Gasteiger partial charge in [-0.2, -0.15) is 0 Å². The highest BCUT2D eigenvalue weighted by Crippen LogP contribution is 2.61. The monoisotopic (exact) mass is 565 g/mol. The molecule has 36 heavy (non-hydrogen) atoms. The van der Waals surface area contributed by atoms with Gasteiger partial charge in [0.05, 0.1) is 27.0 Å². The van der Waals surface area contributed by atoms with Crippen molar-refractivity contribution in [3.05, 3.63) is 82.8 Å². The highest BCUT2D eigenvalue weighted by atomic mass is 79.9. The molecule has 1 amide bonds. The normalized spacial score (nSPS) is 25.4.